The Labute approximate surface area is 764 Å². The van der Waals surface area contributed by atoms with Crippen LogP contribution in [-0.2, 0) is 27.1 Å². The normalized spacial score (nSPS) is 13.2. The van der Waals surface area contributed by atoms with Gasteiger partial charge in [-0.1, -0.05) is 328 Å². The maximum absolute atomic E-state index is 7.10. The van der Waals surface area contributed by atoms with Gasteiger partial charge in [0.05, 0.1) is 11.4 Å². The molecule has 0 fully saturated rings. The largest absolute Gasteiger partial charge is 0.456 e. The van der Waals surface area contributed by atoms with Crippen molar-refractivity contribution in [2.45, 2.75) is 131 Å². The van der Waals surface area contributed by atoms with Crippen LogP contribution in [0, 0.1) is 0 Å². The summed E-state index contributed by atoms with van der Waals surface area (Å²) in [7, 11) is 0. The molecule has 626 valence electrons. The molecule has 4 aromatic heterocycles. The molecule has 0 spiro atoms. The van der Waals surface area contributed by atoms with Gasteiger partial charge in [0, 0.05) is 107 Å². The highest BCUT2D eigenvalue weighted by Crippen LogP contribution is 2.60. The second-order valence-corrected chi connectivity index (χ2v) is 43.3. The summed E-state index contributed by atoms with van der Waals surface area (Å²) in [6.45, 7) is 35.5. The van der Waals surface area contributed by atoms with Crippen LogP contribution in [0.15, 0.2) is 349 Å². The molecule has 6 heterocycles. The molecule has 0 aliphatic carbocycles. The highest BCUT2D eigenvalue weighted by Gasteiger charge is 2.47. The van der Waals surface area contributed by atoms with Crippen LogP contribution in [0.4, 0.5) is 34.1 Å². The lowest BCUT2D eigenvalue weighted by Crippen LogP contribution is -2.61. The number of furan rings is 2. The summed E-state index contributed by atoms with van der Waals surface area (Å²) in [5, 5.41) is 9.30. The Morgan fingerprint density at radius 1 is 0.217 bits per heavy atom. The zero-order valence-electron chi connectivity index (χ0n) is 75.9. The predicted octanol–water partition coefficient (Wildman–Crippen LogP) is 34.1. The fourth-order valence-electron chi connectivity index (χ4n) is 20.7. The first kappa shape index (κ1) is 80.0. The average molecular weight is 1700 g/mol. The number of hydrogen-bond donors (Lipinski definition) is 0. The van der Waals surface area contributed by atoms with Crippen LogP contribution in [0.5, 0.6) is 0 Å². The molecule has 0 saturated heterocycles. The van der Waals surface area contributed by atoms with E-state index in [1.807, 2.05) is 22.7 Å². The minimum Gasteiger partial charge on any atom is -0.456 e. The summed E-state index contributed by atoms with van der Waals surface area (Å²) in [6.07, 6.45) is 0. The van der Waals surface area contributed by atoms with Gasteiger partial charge in [0.25, 0.3) is 6.71 Å². The van der Waals surface area contributed by atoms with E-state index in [9.17, 15) is 0 Å². The smallest absolute Gasteiger partial charge is 0.252 e. The third-order valence-electron chi connectivity index (χ3n) is 27.6. The number of hydrogen-bond acceptors (Lipinski definition) is 6. The van der Waals surface area contributed by atoms with Crippen LogP contribution in [0.25, 0.3) is 173 Å². The van der Waals surface area contributed by atoms with Crippen molar-refractivity contribution in [2.75, 3.05) is 9.80 Å². The Bertz CT molecular complexity index is 7840. The molecule has 129 heavy (non-hydrogen) atoms. The molecular weight excluding hydrogens is 1600 g/mol. The van der Waals surface area contributed by atoms with E-state index in [0.29, 0.717) is 0 Å². The first-order valence-corrected chi connectivity index (χ1v) is 47.2. The SMILES string of the molecule is CC(C)(C)c1cc(-c2ccc3c(c2)N(c2c(-c4cccc5oc6ccccc6c45)cc(C(C)(C)C)cc2-c2cccc4sc5ccccc5c24)c2cc(C(C)(C)C)cc4c2B3c2ccc(-c3cc(-c5ccccc5)cc(-c5ccccc5)c3)cc2N4c2c(-c3cccc4oc5ccccc5c34)cc(C(C)(C)C)cc2-c2cccc3sc4ccccc4c23)cc(C(C)(C)C)c1. The van der Waals surface area contributed by atoms with Crippen molar-refractivity contribution in [1.29, 1.82) is 0 Å². The van der Waals surface area contributed by atoms with Crippen LogP contribution >= 0.6 is 22.7 Å². The Morgan fingerprint density at radius 2 is 0.527 bits per heavy atom. The summed E-state index contributed by atoms with van der Waals surface area (Å²) in [5.74, 6) is 0. The van der Waals surface area contributed by atoms with Gasteiger partial charge in [-0.25, -0.2) is 0 Å². The molecule has 0 atom stereocenters. The van der Waals surface area contributed by atoms with Crippen molar-refractivity contribution in [2.24, 2.45) is 0 Å². The third kappa shape index (κ3) is 13.3. The Hall–Kier alpha value is -13.6. The van der Waals surface area contributed by atoms with Crippen LogP contribution in [-0.4, -0.2) is 6.71 Å². The maximum Gasteiger partial charge on any atom is 0.252 e. The van der Waals surface area contributed by atoms with Crippen molar-refractivity contribution in [1.82, 2.24) is 0 Å². The van der Waals surface area contributed by atoms with Gasteiger partial charge in [0.2, 0.25) is 0 Å². The van der Waals surface area contributed by atoms with E-state index in [2.05, 4.69) is 453 Å². The van der Waals surface area contributed by atoms with Crippen LogP contribution in [0.2, 0.25) is 0 Å². The molecule has 7 heteroatoms. The number of rotatable bonds is 10. The minimum absolute atomic E-state index is 0.156. The summed E-state index contributed by atoms with van der Waals surface area (Å²) in [5.41, 5.74) is 36.8. The van der Waals surface area contributed by atoms with Crippen LogP contribution in [0.1, 0.15) is 132 Å². The van der Waals surface area contributed by atoms with E-state index in [4.69, 9.17) is 8.83 Å². The monoisotopic (exact) mass is 1700 g/mol. The van der Waals surface area contributed by atoms with Crippen LogP contribution in [0.3, 0.4) is 0 Å². The molecule has 0 radical (unpaired) electrons. The second-order valence-electron chi connectivity index (χ2n) is 41.1. The summed E-state index contributed by atoms with van der Waals surface area (Å²) in [4.78, 5) is 5.62. The highest BCUT2D eigenvalue weighted by atomic mass is 32.1. The topological polar surface area (TPSA) is 32.8 Å². The molecule has 0 saturated carbocycles. The first-order valence-electron chi connectivity index (χ1n) is 45.6. The number of fused-ring (bicyclic) bond motifs is 16. The number of benzene rings is 17. The van der Waals surface area contributed by atoms with Gasteiger partial charge in [0.15, 0.2) is 0 Å². The summed E-state index contributed by atoms with van der Waals surface area (Å²) >= 11 is 3.77. The second kappa shape index (κ2) is 29.5. The predicted molar refractivity (Wildman–Crippen MR) is 558 cm³/mol. The quantitative estimate of drug-likeness (QED) is 0.128. The lowest BCUT2D eigenvalue weighted by Gasteiger charge is -2.47. The summed E-state index contributed by atoms with van der Waals surface area (Å²) < 4.78 is 19.2. The molecule has 23 rings (SSSR count). The van der Waals surface area contributed by atoms with Gasteiger partial charge in [-0.15, -0.1) is 22.7 Å². The number of nitrogens with zero attached hydrogens (tertiary/aromatic N) is 2. The molecule has 17 aromatic carbocycles. The fraction of sp³-hybridized carbons (Fsp3) is 0.164. The van der Waals surface area contributed by atoms with Gasteiger partial charge in [-0.05, 0) is 253 Å². The summed E-state index contributed by atoms with van der Waals surface area (Å²) in [6, 6.07) is 131. The number of thiophene rings is 2. The molecule has 0 amide bonds. The van der Waals surface area contributed by atoms with Crippen molar-refractivity contribution in [3.05, 3.63) is 368 Å². The lowest BCUT2D eigenvalue weighted by atomic mass is 9.33. The molecule has 21 aromatic rings. The zero-order valence-corrected chi connectivity index (χ0v) is 77.6. The molecule has 4 nitrogen and oxygen atoms in total. The molecule has 0 unspecified atom stereocenters. The van der Waals surface area contributed by atoms with E-state index in [1.54, 1.807) is 0 Å². The number of anilines is 6. The average Bonchev–Trinajstić information content (AvgIpc) is 1.07. The van der Waals surface area contributed by atoms with Gasteiger partial charge < -0.3 is 18.6 Å². The van der Waals surface area contributed by atoms with Gasteiger partial charge in [-0.3, -0.25) is 0 Å². The van der Waals surface area contributed by atoms with E-state index >= 15 is 0 Å². The Balaban J connectivity index is 0.933. The van der Waals surface area contributed by atoms with Gasteiger partial charge >= 0.3 is 0 Å². The standard InChI is InChI=1S/C122H101BN2O2S2/c1-118(2,3)80-61-79(62-81(65-80)119(4,5)6)75-55-57-98-100(64-75)125(117-94(86-43-31-49-106-112(86)90-39-23-27-47-104(90)127-106)67-83(121(10,11)12)69-96(117)88-45-33-53-110-114(88)92-41-25-29-51-108(92)129-110)102-71-84(122(13,14)15)70-101-115(102)123(98)97-56-54-74(78-59-76(72-34-18-16-19-35-72)58-77(60-78)73-36-20-17-21-37-73)63-99(97)124(101)116-93(85-42-30-48-105-111(85)89-38-22-26-46-103(89)126-105)66-82(120(7,8)9)68-95(116)87-44-32-52-109-113(87)91-40-24-28-50-107(91)128-109/h16-71H,1-15H3. The zero-order chi connectivity index (χ0) is 88.2. The minimum atomic E-state index is -0.445. The van der Waals surface area contributed by atoms with E-state index in [-0.39, 0.29) is 28.4 Å². The molecule has 0 N–H and O–H groups in total. The maximum atomic E-state index is 7.10. The lowest BCUT2D eigenvalue weighted by molar-refractivity contribution is 0.569. The molecular formula is C122H101BN2O2S2. The molecule has 0 bridgehead atoms. The molecule has 2 aliphatic rings. The van der Waals surface area contributed by atoms with E-state index < -0.39 is 5.41 Å². The fourth-order valence-corrected chi connectivity index (χ4v) is 23.0. The van der Waals surface area contributed by atoms with Gasteiger partial charge in [0.1, 0.15) is 22.3 Å². The highest BCUT2D eigenvalue weighted by molar-refractivity contribution is 7.26. The van der Waals surface area contributed by atoms with E-state index in [0.717, 1.165) is 150 Å². The van der Waals surface area contributed by atoms with Crippen molar-refractivity contribution < 1.29 is 8.83 Å². The van der Waals surface area contributed by atoms with Gasteiger partial charge in [-0.2, -0.15) is 0 Å². The van der Waals surface area contributed by atoms with Crippen molar-refractivity contribution in [3.63, 3.8) is 0 Å². The third-order valence-corrected chi connectivity index (χ3v) is 29.9. The Morgan fingerprint density at radius 3 is 0.922 bits per heavy atom. The molecule has 2 aliphatic heterocycles. The first-order chi connectivity index (χ1) is 62.1. The van der Waals surface area contributed by atoms with Crippen LogP contribution < -0.4 is 26.2 Å². The number of para-hydroxylation sites is 2. The Kier molecular flexibility index (Phi) is 18.3. The van der Waals surface area contributed by atoms with E-state index in [1.165, 1.54) is 101 Å². The van der Waals surface area contributed by atoms with Crippen molar-refractivity contribution in [3.8, 4) is 89.0 Å². The van der Waals surface area contributed by atoms with Crippen molar-refractivity contribution >= 4 is 164 Å².